The molecule has 15 heavy (non-hydrogen) atoms. The normalized spacial score (nSPS) is 14.6. The molecule has 1 heterocycles. The molecule has 5 heteroatoms. The van der Waals surface area contributed by atoms with E-state index in [0.717, 1.165) is 6.92 Å². The highest BCUT2D eigenvalue weighted by Gasteiger charge is 2.30. The maximum Gasteiger partial charge on any atom is 0.337 e. The summed E-state index contributed by atoms with van der Waals surface area (Å²) in [5.41, 5.74) is -1.64. The zero-order valence-electron chi connectivity index (χ0n) is 8.60. The minimum Gasteiger partial charge on any atom is -0.479 e. The van der Waals surface area contributed by atoms with E-state index in [1.165, 1.54) is 10.6 Å². The van der Waals surface area contributed by atoms with Crippen molar-refractivity contribution in [3.05, 3.63) is 34.2 Å². The largest absolute Gasteiger partial charge is 0.479 e. The number of aliphatic carboxylic acids is 1. The van der Waals surface area contributed by atoms with E-state index < -0.39 is 11.6 Å². The Morgan fingerprint density at radius 3 is 2.60 bits per heavy atom. The van der Waals surface area contributed by atoms with Crippen molar-refractivity contribution in [3.63, 3.8) is 0 Å². The summed E-state index contributed by atoms with van der Waals surface area (Å²) in [6.45, 7) is 2.58. The molecule has 1 rings (SSSR count). The Labute approximate surface area is 86.6 Å². The molecule has 5 nitrogen and oxygen atoms in total. The Kier molecular flexibility index (Phi) is 2.95. The lowest BCUT2D eigenvalue weighted by Crippen LogP contribution is -2.42. The number of hydrogen-bond donors (Lipinski definition) is 2. The molecule has 0 unspecified atom stereocenters. The van der Waals surface area contributed by atoms with Crippen molar-refractivity contribution in [1.29, 1.82) is 0 Å². The maximum atomic E-state index is 11.4. The van der Waals surface area contributed by atoms with Crippen LogP contribution >= 0.6 is 0 Å². The molecule has 0 saturated carbocycles. The average molecular weight is 211 g/mol. The molecular formula is C10H13NO4. The van der Waals surface area contributed by atoms with Crippen LogP contribution in [0.15, 0.2) is 23.0 Å². The van der Waals surface area contributed by atoms with Gasteiger partial charge in [-0.05, 0) is 19.9 Å². The maximum absolute atomic E-state index is 11.4. The first-order valence-corrected chi connectivity index (χ1v) is 4.47. The van der Waals surface area contributed by atoms with Crippen LogP contribution in [0.4, 0.5) is 0 Å². The molecule has 1 atom stereocenters. The van der Waals surface area contributed by atoms with Crippen molar-refractivity contribution in [2.24, 2.45) is 0 Å². The van der Waals surface area contributed by atoms with Gasteiger partial charge in [0.05, 0.1) is 6.54 Å². The van der Waals surface area contributed by atoms with E-state index >= 15 is 0 Å². The molecule has 0 saturated heterocycles. The van der Waals surface area contributed by atoms with Gasteiger partial charge in [0.15, 0.2) is 5.60 Å². The number of aromatic nitrogens is 1. The van der Waals surface area contributed by atoms with Gasteiger partial charge < -0.3 is 14.8 Å². The first-order valence-electron chi connectivity index (χ1n) is 4.47. The smallest absolute Gasteiger partial charge is 0.337 e. The summed E-state index contributed by atoms with van der Waals surface area (Å²) in [4.78, 5) is 22.1. The summed E-state index contributed by atoms with van der Waals surface area (Å²) in [5.74, 6) is -1.35. The van der Waals surface area contributed by atoms with Crippen molar-refractivity contribution in [2.75, 3.05) is 0 Å². The molecule has 0 aliphatic heterocycles. The second kappa shape index (κ2) is 3.86. The van der Waals surface area contributed by atoms with Crippen LogP contribution in [0.2, 0.25) is 0 Å². The molecule has 1 aromatic heterocycles. The fourth-order valence-electron chi connectivity index (χ4n) is 1.20. The van der Waals surface area contributed by atoms with Crippen molar-refractivity contribution in [2.45, 2.75) is 26.0 Å². The second-order valence-electron chi connectivity index (χ2n) is 3.67. The van der Waals surface area contributed by atoms with Crippen LogP contribution in [0.3, 0.4) is 0 Å². The average Bonchev–Trinajstić information content (AvgIpc) is 2.11. The number of carboxylic acid groups (broad SMARTS) is 1. The van der Waals surface area contributed by atoms with Crippen LogP contribution in [0.25, 0.3) is 0 Å². The molecule has 0 amide bonds. The second-order valence-corrected chi connectivity index (χ2v) is 3.67. The molecule has 1 aromatic rings. The first-order chi connectivity index (χ1) is 6.84. The summed E-state index contributed by atoms with van der Waals surface area (Å²) in [6.07, 6.45) is 0. The minimum absolute atomic E-state index is 0.256. The zero-order valence-corrected chi connectivity index (χ0v) is 8.60. The first kappa shape index (κ1) is 11.5. The van der Waals surface area contributed by atoms with E-state index in [9.17, 15) is 14.7 Å². The number of pyridine rings is 1. The highest BCUT2D eigenvalue weighted by atomic mass is 16.4. The predicted molar refractivity (Wildman–Crippen MR) is 53.7 cm³/mol. The lowest BCUT2D eigenvalue weighted by molar-refractivity contribution is -0.158. The van der Waals surface area contributed by atoms with Crippen molar-refractivity contribution < 1.29 is 15.0 Å². The number of carbonyl (C=O) groups is 1. The van der Waals surface area contributed by atoms with Gasteiger partial charge in [-0.1, -0.05) is 6.07 Å². The number of aryl methyl sites for hydroxylation is 1. The van der Waals surface area contributed by atoms with Gasteiger partial charge in [0.2, 0.25) is 0 Å². The zero-order chi connectivity index (χ0) is 11.6. The topological polar surface area (TPSA) is 79.5 Å². The van der Waals surface area contributed by atoms with Gasteiger partial charge >= 0.3 is 5.97 Å². The molecule has 0 bridgehead atoms. The van der Waals surface area contributed by atoms with Crippen LogP contribution in [0.5, 0.6) is 0 Å². The van der Waals surface area contributed by atoms with Gasteiger partial charge in [-0.2, -0.15) is 0 Å². The Balaban J connectivity index is 3.10. The summed E-state index contributed by atoms with van der Waals surface area (Å²) in [6, 6.07) is 4.59. The van der Waals surface area contributed by atoms with Crippen molar-refractivity contribution in [3.8, 4) is 0 Å². The van der Waals surface area contributed by atoms with E-state index in [2.05, 4.69) is 0 Å². The monoisotopic (exact) mass is 211 g/mol. The lowest BCUT2D eigenvalue weighted by atomic mass is 10.1. The van der Waals surface area contributed by atoms with Gasteiger partial charge in [0.1, 0.15) is 0 Å². The number of rotatable bonds is 3. The highest BCUT2D eigenvalue weighted by molar-refractivity contribution is 5.76. The SMILES string of the molecule is Cc1cccc(=O)n1C[C@@](C)(O)C(=O)O. The number of carboxylic acids is 1. The van der Waals surface area contributed by atoms with Gasteiger partial charge in [0.25, 0.3) is 5.56 Å². The third-order valence-electron chi connectivity index (χ3n) is 2.19. The molecule has 0 aliphatic rings. The van der Waals surface area contributed by atoms with E-state index in [1.54, 1.807) is 19.1 Å². The standard InChI is InChI=1S/C10H13NO4/c1-7-4-3-5-8(12)11(7)6-10(2,15)9(13)14/h3-5,15H,6H2,1-2H3,(H,13,14)/t10-/m1/s1. The van der Waals surface area contributed by atoms with Crippen molar-refractivity contribution in [1.82, 2.24) is 4.57 Å². The molecule has 2 N–H and O–H groups in total. The summed E-state index contributed by atoms with van der Waals surface area (Å²) >= 11 is 0. The van der Waals surface area contributed by atoms with Gasteiger partial charge in [-0.3, -0.25) is 4.79 Å². The summed E-state index contributed by atoms with van der Waals surface area (Å²) < 4.78 is 1.23. The molecular weight excluding hydrogens is 198 g/mol. The number of nitrogens with zero attached hydrogens (tertiary/aromatic N) is 1. The Hall–Kier alpha value is -1.62. The third-order valence-corrected chi connectivity index (χ3v) is 2.19. The molecule has 0 radical (unpaired) electrons. The molecule has 0 spiro atoms. The lowest BCUT2D eigenvalue weighted by Gasteiger charge is -2.20. The minimum atomic E-state index is -1.93. The van der Waals surface area contributed by atoms with Gasteiger partial charge in [-0.15, -0.1) is 0 Å². The van der Waals surface area contributed by atoms with Crippen LogP contribution in [0.1, 0.15) is 12.6 Å². The van der Waals surface area contributed by atoms with Crippen LogP contribution in [-0.2, 0) is 11.3 Å². The number of aliphatic hydroxyl groups is 1. The van der Waals surface area contributed by atoms with Crippen LogP contribution in [-0.4, -0.2) is 26.4 Å². The highest BCUT2D eigenvalue weighted by Crippen LogP contribution is 2.07. The van der Waals surface area contributed by atoms with E-state index in [4.69, 9.17) is 5.11 Å². The fraction of sp³-hybridized carbons (Fsp3) is 0.400. The molecule has 82 valence electrons. The third kappa shape index (κ3) is 2.44. The predicted octanol–water partition coefficient (Wildman–Crippen LogP) is -0.00768. The number of hydrogen-bond acceptors (Lipinski definition) is 3. The Morgan fingerprint density at radius 2 is 2.13 bits per heavy atom. The van der Waals surface area contributed by atoms with Crippen LogP contribution in [0, 0.1) is 6.92 Å². The Bertz CT molecular complexity index is 433. The molecule has 0 fully saturated rings. The van der Waals surface area contributed by atoms with Crippen molar-refractivity contribution >= 4 is 5.97 Å². The van der Waals surface area contributed by atoms with E-state index in [1.807, 2.05) is 0 Å². The fourth-order valence-corrected chi connectivity index (χ4v) is 1.20. The van der Waals surface area contributed by atoms with E-state index in [0.29, 0.717) is 5.69 Å². The van der Waals surface area contributed by atoms with E-state index in [-0.39, 0.29) is 12.1 Å². The molecule has 0 aliphatic carbocycles. The quantitative estimate of drug-likeness (QED) is 0.737. The van der Waals surface area contributed by atoms with Gasteiger partial charge in [0, 0.05) is 11.8 Å². The van der Waals surface area contributed by atoms with Crippen LogP contribution < -0.4 is 5.56 Å². The summed E-state index contributed by atoms with van der Waals surface area (Å²) in [7, 11) is 0. The Morgan fingerprint density at radius 1 is 1.53 bits per heavy atom. The molecule has 0 aromatic carbocycles. The van der Waals surface area contributed by atoms with Gasteiger partial charge in [-0.25, -0.2) is 4.79 Å². The summed E-state index contributed by atoms with van der Waals surface area (Å²) in [5, 5.41) is 18.3.